The van der Waals surface area contributed by atoms with Crippen molar-refractivity contribution in [2.24, 2.45) is 0 Å². The molecule has 150 valence electrons. The van der Waals surface area contributed by atoms with Crippen LogP contribution in [0.2, 0.25) is 0 Å². The van der Waals surface area contributed by atoms with Crippen molar-refractivity contribution in [3.8, 4) is 11.3 Å². The van der Waals surface area contributed by atoms with E-state index >= 15 is 0 Å². The molecule has 0 aliphatic carbocycles. The molecule has 0 aliphatic rings. The molecule has 4 rings (SSSR count). The van der Waals surface area contributed by atoms with E-state index in [9.17, 15) is 0 Å². The third-order valence-electron chi connectivity index (χ3n) is 4.74. The second-order valence-corrected chi connectivity index (χ2v) is 7.02. The molecular formula is C25H25N5. The Bertz CT molecular complexity index is 1040. The molecule has 2 aromatic heterocycles. The zero-order chi connectivity index (χ0) is 20.4. The fourth-order valence-electron chi connectivity index (χ4n) is 3.20. The lowest BCUT2D eigenvalue weighted by molar-refractivity contribution is 0.857. The minimum atomic E-state index is 0.576. The van der Waals surface area contributed by atoms with Gasteiger partial charge in [-0.3, -0.25) is 4.98 Å². The number of aromatic nitrogens is 3. The number of pyridine rings is 1. The Morgan fingerprint density at radius 3 is 2.27 bits per heavy atom. The highest BCUT2D eigenvalue weighted by atomic mass is 15.1. The maximum atomic E-state index is 4.70. The Balaban J connectivity index is 1.45. The van der Waals surface area contributed by atoms with Gasteiger partial charge in [0.25, 0.3) is 0 Å². The standard InChI is InChI=1S/C25H25N5/c1-3-10-20(11-4-1)12-9-17-27-24-18-23(21-13-5-2-6-14-21)29-25(30-24)28-19-22-15-7-8-16-26-22/h1-8,10-11,13-16,18H,9,12,17,19H2,(H2,27,28,29,30). The van der Waals surface area contributed by atoms with Gasteiger partial charge in [0.2, 0.25) is 5.95 Å². The van der Waals surface area contributed by atoms with Crippen molar-refractivity contribution in [2.45, 2.75) is 19.4 Å². The minimum absolute atomic E-state index is 0.576. The fraction of sp³-hybridized carbons (Fsp3) is 0.160. The maximum Gasteiger partial charge on any atom is 0.225 e. The molecule has 4 aromatic rings. The highest BCUT2D eigenvalue weighted by Crippen LogP contribution is 2.21. The van der Waals surface area contributed by atoms with Crippen molar-refractivity contribution < 1.29 is 0 Å². The average molecular weight is 396 g/mol. The summed E-state index contributed by atoms with van der Waals surface area (Å²) in [4.78, 5) is 13.7. The molecule has 2 aromatic carbocycles. The van der Waals surface area contributed by atoms with E-state index in [1.165, 1.54) is 5.56 Å². The van der Waals surface area contributed by atoms with Crippen LogP contribution in [0.4, 0.5) is 11.8 Å². The molecular weight excluding hydrogens is 370 g/mol. The van der Waals surface area contributed by atoms with Crippen LogP contribution >= 0.6 is 0 Å². The van der Waals surface area contributed by atoms with Crippen molar-refractivity contribution in [3.05, 3.63) is 102 Å². The van der Waals surface area contributed by atoms with Gasteiger partial charge in [-0.05, 0) is 30.5 Å². The molecule has 0 amide bonds. The summed E-state index contributed by atoms with van der Waals surface area (Å²) in [6, 6.07) is 28.6. The van der Waals surface area contributed by atoms with Crippen LogP contribution in [0.3, 0.4) is 0 Å². The molecule has 2 heterocycles. The van der Waals surface area contributed by atoms with Gasteiger partial charge in [0.15, 0.2) is 0 Å². The molecule has 0 aliphatic heterocycles. The molecule has 0 unspecified atom stereocenters. The van der Waals surface area contributed by atoms with Crippen LogP contribution in [0, 0.1) is 0 Å². The number of benzene rings is 2. The molecule has 5 heteroatoms. The Morgan fingerprint density at radius 1 is 0.733 bits per heavy atom. The third kappa shape index (κ3) is 5.64. The normalized spacial score (nSPS) is 10.5. The fourth-order valence-corrected chi connectivity index (χ4v) is 3.20. The quantitative estimate of drug-likeness (QED) is 0.382. The summed E-state index contributed by atoms with van der Waals surface area (Å²) >= 11 is 0. The van der Waals surface area contributed by atoms with Gasteiger partial charge in [0.05, 0.1) is 17.9 Å². The lowest BCUT2D eigenvalue weighted by atomic mass is 10.1. The molecule has 0 bridgehead atoms. The van der Waals surface area contributed by atoms with E-state index in [-0.39, 0.29) is 0 Å². The largest absolute Gasteiger partial charge is 0.370 e. The Hall–Kier alpha value is -3.73. The molecule has 5 nitrogen and oxygen atoms in total. The van der Waals surface area contributed by atoms with Crippen LogP contribution in [-0.4, -0.2) is 21.5 Å². The molecule has 0 saturated heterocycles. The zero-order valence-electron chi connectivity index (χ0n) is 16.8. The van der Waals surface area contributed by atoms with E-state index in [4.69, 9.17) is 4.98 Å². The molecule has 0 saturated carbocycles. The van der Waals surface area contributed by atoms with Crippen LogP contribution in [-0.2, 0) is 13.0 Å². The van der Waals surface area contributed by atoms with Crippen LogP contribution in [0.5, 0.6) is 0 Å². The first-order valence-electron chi connectivity index (χ1n) is 10.2. The Morgan fingerprint density at radius 2 is 1.50 bits per heavy atom. The number of aryl methyl sites for hydroxylation is 1. The van der Waals surface area contributed by atoms with Gasteiger partial charge in [-0.25, -0.2) is 4.98 Å². The van der Waals surface area contributed by atoms with Gasteiger partial charge in [0, 0.05) is 24.4 Å². The van der Waals surface area contributed by atoms with Gasteiger partial charge >= 0.3 is 0 Å². The van der Waals surface area contributed by atoms with E-state index in [1.54, 1.807) is 6.20 Å². The number of nitrogens with one attached hydrogen (secondary N) is 2. The van der Waals surface area contributed by atoms with Gasteiger partial charge < -0.3 is 10.6 Å². The van der Waals surface area contributed by atoms with Crippen molar-refractivity contribution in [1.82, 2.24) is 15.0 Å². The van der Waals surface area contributed by atoms with Gasteiger partial charge in [0.1, 0.15) is 5.82 Å². The van der Waals surface area contributed by atoms with Gasteiger partial charge in [-0.1, -0.05) is 66.7 Å². The van der Waals surface area contributed by atoms with Crippen molar-refractivity contribution in [2.75, 3.05) is 17.2 Å². The lowest BCUT2D eigenvalue weighted by Crippen LogP contribution is -2.09. The van der Waals surface area contributed by atoms with Crippen molar-refractivity contribution in [3.63, 3.8) is 0 Å². The predicted molar refractivity (Wildman–Crippen MR) is 122 cm³/mol. The van der Waals surface area contributed by atoms with E-state index < -0.39 is 0 Å². The summed E-state index contributed by atoms with van der Waals surface area (Å²) in [5.41, 5.74) is 4.25. The molecule has 0 spiro atoms. The SMILES string of the molecule is c1ccc(CCCNc2cc(-c3ccccc3)nc(NCc3ccccn3)n2)cc1. The second kappa shape index (κ2) is 10.2. The summed E-state index contributed by atoms with van der Waals surface area (Å²) in [5.74, 6) is 1.41. The molecule has 0 fully saturated rings. The number of rotatable bonds is 9. The highest BCUT2D eigenvalue weighted by molar-refractivity contribution is 5.64. The van der Waals surface area contributed by atoms with Gasteiger partial charge in [-0.15, -0.1) is 0 Å². The topological polar surface area (TPSA) is 62.7 Å². The number of hydrogen-bond acceptors (Lipinski definition) is 5. The third-order valence-corrected chi connectivity index (χ3v) is 4.74. The Kier molecular flexibility index (Phi) is 6.63. The van der Waals surface area contributed by atoms with E-state index in [2.05, 4.69) is 57.0 Å². The smallest absolute Gasteiger partial charge is 0.225 e. The van der Waals surface area contributed by atoms with E-state index in [0.717, 1.165) is 42.2 Å². The van der Waals surface area contributed by atoms with E-state index in [1.807, 2.05) is 48.5 Å². The predicted octanol–water partition coefficient (Wildman–Crippen LogP) is 5.20. The summed E-state index contributed by atoms with van der Waals surface area (Å²) < 4.78 is 0. The number of anilines is 2. The molecule has 0 radical (unpaired) electrons. The first-order chi connectivity index (χ1) is 14.9. The summed E-state index contributed by atoms with van der Waals surface area (Å²) in [5, 5.41) is 6.76. The zero-order valence-corrected chi connectivity index (χ0v) is 16.8. The van der Waals surface area contributed by atoms with Crippen molar-refractivity contribution >= 4 is 11.8 Å². The number of hydrogen-bond donors (Lipinski definition) is 2. The minimum Gasteiger partial charge on any atom is -0.370 e. The molecule has 2 N–H and O–H groups in total. The average Bonchev–Trinajstić information content (AvgIpc) is 2.82. The summed E-state index contributed by atoms with van der Waals surface area (Å²) in [6.07, 6.45) is 3.86. The van der Waals surface area contributed by atoms with Crippen LogP contribution in [0.15, 0.2) is 91.1 Å². The lowest BCUT2D eigenvalue weighted by Gasteiger charge is -2.11. The second-order valence-electron chi connectivity index (χ2n) is 7.02. The summed E-state index contributed by atoms with van der Waals surface area (Å²) in [7, 11) is 0. The van der Waals surface area contributed by atoms with Crippen molar-refractivity contribution in [1.29, 1.82) is 0 Å². The molecule has 0 atom stereocenters. The first-order valence-corrected chi connectivity index (χ1v) is 10.2. The maximum absolute atomic E-state index is 4.70. The Labute approximate surface area is 177 Å². The molecule has 30 heavy (non-hydrogen) atoms. The highest BCUT2D eigenvalue weighted by Gasteiger charge is 2.07. The van der Waals surface area contributed by atoms with Crippen LogP contribution in [0.1, 0.15) is 17.7 Å². The monoisotopic (exact) mass is 395 g/mol. The van der Waals surface area contributed by atoms with Gasteiger partial charge in [-0.2, -0.15) is 4.98 Å². The summed E-state index contributed by atoms with van der Waals surface area (Å²) in [6.45, 7) is 1.42. The van der Waals surface area contributed by atoms with E-state index in [0.29, 0.717) is 12.5 Å². The van der Waals surface area contributed by atoms with Crippen LogP contribution < -0.4 is 10.6 Å². The number of nitrogens with zero attached hydrogens (tertiary/aromatic N) is 3. The van der Waals surface area contributed by atoms with Crippen LogP contribution in [0.25, 0.3) is 11.3 Å². The first kappa shape index (κ1) is 19.6.